The quantitative estimate of drug-likeness (QED) is 0.364. The van der Waals surface area contributed by atoms with Gasteiger partial charge in [0.1, 0.15) is 6.04 Å². The lowest BCUT2D eigenvalue weighted by molar-refractivity contribution is -0.162. The summed E-state index contributed by atoms with van der Waals surface area (Å²) in [4.78, 5) is 55.2. The van der Waals surface area contributed by atoms with Crippen molar-refractivity contribution in [2.24, 2.45) is 17.8 Å². The van der Waals surface area contributed by atoms with Crippen LogP contribution >= 0.6 is 0 Å². The Balaban J connectivity index is 1.25. The average molecular weight is 537 g/mol. The van der Waals surface area contributed by atoms with E-state index in [-0.39, 0.29) is 23.7 Å². The highest BCUT2D eigenvalue weighted by molar-refractivity contribution is 6.10. The molecule has 0 unspecified atom stereocenters. The number of nitrogens with one attached hydrogen (secondary N) is 1. The fourth-order valence-corrected chi connectivity index (χ4v) is 6.89. The number of hydrogen-bond donors (Lipinski definition) is 1. The van der Waals surface area contributed by atoms with E-state index in [9.17, 15) is 19.2 Å². The first-order chi connectivity index (χ1) is 19.2. The van der Waals surface area contributed by atoms with Crippen LogP contribution in [0.4, 0.5) is 5.69 Å². The second kappa shape index (κ2) is 9.73. The number of likely N-dealkylation sites (tertiary alicyclic amines) is 1. The highest BCUT2D eigenvalue weighted by atomic mass is 16.5. The van der Waals surface area contributed by atoms with Crippen LogP contribution in [0.1, 0.15) is 59.1 Å². The van der Waals surface area contributed by atoms with Gasteiger partial charge in [-0.3, -0.25) is 19.3 Å². The minimum atomic E-state index is -1.12. The number of rotatable bonds is 6. The Morgan fingerprint density at radius 1 is 0.800 bits per heavy atom. The van der Waals surface area contributed by atoms with Crippen LogP contribution in [0.3, 0.4) is 0 Å². The SMILES string of the molecule is Cc1ccc(NC(=O)COC(=O)[C@H](C(C)C)N2C(=O)[C@@H]3C4c5ccccc5C(c5ccccc54)[C@@H]3C2=O)cc1C. The lowest BCUT2D eigenvalue weighted by Gasteiger charge is -2.45. The Labute approximate surface area is 233 Å². The number of nitrogens with zero attached hydrogens (tertiary/aromatic N) is 1. The molecule has 3 amide bonds. The second-order valence-corrected chi connectivity index (χ2v) is 11.5. The van der Waals surface area contributed by atoms with Gasteiger partial charge in [-0.1, -0.05) is 68.4 Å². The minimum absolute atomic E-state index is 0.253. The molecule has 7 rings (SSSR count). The maximum absolute atomic E-state index is 14.1. The smallest absolute Gasteiger partial charge is 0.330 e. The molecule has 204 valence electrons. The first-order valence-electron chi connectivity index (χ1n) is 13.8. The molecule has 1 heterocycles. The fourth-order valence-electron chi connectivity index (χ4n) is 6.89. The average Bonchev–Trinajstić information content (AvgIpc) is 3.20. The maximum atomic E-state index is 14.1. The van der Waals surface area contributed by atoms with E-state index in [0.29, 0.717) is 5.69 Å². The summed E-state index contributed by atoms with van der Waals surface area (Å²) < 4.78 is 5.41. The lowest BCUT2D eigenvalue weighted by atomic mass is 9.55. The number of hydrogen-bond acceptors (Lipinski definition) is 5. The second-order valence-electron chi connectivity index (χ2n) is 11.5. The molecule has 7 heteroatoms. The van der Waals surface area contributed by atoms with Crippen LogP contribution in [0.5, 0.6) is 0 Å². The highest BCUT2D eigenvalue weighted by Crippen LogP contribution is 2.61. The number of benzene rings is 3. The van der Waals surface area contributed by atoms with Gasteiger partial charge in [0.2, 0.25) is 11.8 Å². The molecule has 2 bridgehead atoms. The number of ether oxygens (including phenoxy) is 1. The summed E-state index contributed by atoms with van der Waals surface area (Å²) in [6.07, 6.45) is 0. The van der Waals surface area contributed by atoms with Crippen molar-refractivity contribution in [2.75, 3.05) is 11.9 Å². The molecule has 7 nitrogen and oxygen atoms in total. The van der Waals surface area contributed by atoms with Gasteiger partial charge < -0.3 is 10.1 Å². The minimum Gasteiger partial charge on any atom is -0.454 e. The zero-order chi connectivity index (χ0) is 28.3. The van der Waals surface area contributed by atoms with Gasteiger partial charge in [0.25, 0.3) is 5.91 Å². The van der Waals surface area contributed by atoms with Crippen molar-refractivity contribution in [2.45, 2.75) is 45.6 Å². The third kappa shape index (κ3) is 3.95. The number of imide groups is 1. The Morgan fingerprint density at radius 2 is 1.30 bits per heavy atom. The van der Waals surface area contributed by atoms with E-state index < -0.39 is 42.3 Å². The predicted molar refractivity (Wildman–Crippen MR) is 150 cm³/mol. The van der Waals surface area contributed by atoms with Crippen molar-refractivity contribution in [3.8, 4) is 0 Å². The van der Waals surface area contributed by atoms with Crippen molar-refractivity contribution >= 4 is 29.4 Å². The normalized spacial score (nSPS) is 23.0. The van der Waals surface area contributed by atoms with Crippen LogP contribution in [0.25, 0.3) is 0 Å². The van der Waals surface area contributed by atoms with Gasteiger partial charge in [0.15, 0.2) is 6.61 Å². The van der Waals surface area contributed by atoms with Crippen LogP contribution in [0.2, 0.25) is 0 Å². The summed E-state index contributed by atoms with van der Waals surface area (Å²) in [7, 11) is 0. The van der Waals surface area contributed by atoms with E-state index in [2.05, 4.69) is 5.32 Å². The molecule has 3 aromatic carbocycles. The molecule has 3 aromatic rings. The van der Waals surface area contributed by atoms with Gasteiger partial charge >= 0.3 is 5.97 Å². The van der Waals surface area contributed by atoms with E-state index in [0.717, 1.165) is 38.3 Å². The van der Waals surface area contributed by atoms with E-state index in [1.54, 1.807) is 19.9 Å². The Kier molecular flexibility index (Phi) is 6.32. The molecular weight excluding hydrogens is 504 g/mol. The molecular formula is C33H32N2O5. The predicted octanol–water partition coefficient (Wildman–Crippen LogP) is 4.70. The Bertz CT molecular complexity index is 1440. The molecule has 0 aromatic heterocycles. The number of aryl methyl sites for hydroxylation is 2. The van der Waals surface area contributed by atoms with E-state index in [4.69, 9.17) is 4.74 Å². The van der Waals surface area contributed by atoms with Gasteiger partial charge in [0.05, 0.1) is 11.8 Å². The molecule has 1 N–H and O–H groups in total. The molecule has 1 saturated heterocycles. The standard InChI is InChI=1S/C33H32N2O5/c1-17(2)30(33(39)40-16-25(36)34-20-14-13-18(3)19(4)15-20)35-31(37)28-26-21-9-5-6-10-22(21)27(29(28)32(35)38)24-12-8-7-11-23(24)26/h5-15,17,26-30H,16H2,1-4H3,(H,34,36)/t26?,27?,28-,29+,30-/m0/s1. The third-order valence-electron chi connectivity index (χ3n) is 8.77. The largest absolute Gasteiger partial charge is 0.454 e. The molecule has 0 radical (unpaired) electrons. The molecule has 3 atom stereocenters. The number of carbonyl (C=O) groups is 4. The van der Waals surface area contributed by atoms with Crippen LogP contribution in [0, 0.1) is 31.6 Å². The van der Waals surface area contributed by atoms with Crippen LogP contribution in [0.15, 0.2) is 66.7 Å². The summed E-state index contributed by atoms with van der Waals surface area (Å²) in [5.41, 5.74) is 7.02. The first kappa shape index (κ1) is 26.0. The summed E-state index contributed by atoms with van der Waals surface area (Å²) in [5.74, 6) is -4.00. The molecule has 0 saturated carbocycles. The first-order valence-corrected chi connectivity index (χ1v) is 13.8. The van der Waals surface area contributed by atoms with Crippen molar-refractivity contribution in [1.82, 2.24) is 4.90 Å². The zero-order valence-electron chi connectivity index (χ0n) is 23.0. The van der Waals surface area contributed by atoms with Crippen LogP contribution < -0.4 is 5.32 Å². The van der Waals surface area contributed by atoms with E-state index in [1.165, 1.54) is 0 Å². The number of esters is 1. The van der Waals surface area contributed by atoms with Crippen molar-refractivity contribution in [3.05, 3.63) is 100 Å². The van der Waals surface area contributed by atoms with Crippen LogP contribution in [-0.2, 0) is 23.9 Å². The Morgan fingerprint density at radius 3 is 1.75 bits per heavy atom. The topological polar surface area (TPSA) is 92.8 Å². The third-order valence-corrected chi connectivity index (χ3v) is 8.77. The molecule has 4 aliphatic rings. The van der Waals surface area contributed by atoms with Gasteiger partial charge in [-0.05, 0) is 65.3 Å². The fraction of sp³-hybridized carbons (Fsp3) is 0.333. The summed E-state index contributed by atoms with van der Waals surface area (Å²) in [6.45, 7) is 6.97. The molecule has 3 aliphatic carbocycles. The molecule has 40 heavy (non-hydrogen) atoms. The number of carbonyl (C=O) groups excluding carboxylic acids is 4. The van der Waals surface area contributed by atoms with Gasteiger partial charge in [0, 0.05) is 17.5 Å². The molecule has 1 fully saturated rings. The van der Waals surface area contributed by atoms with Crippen molar-refractivity contribution in [1.29, 1.82) is 0 Å². The zero-order valence-corrected chi connectivity index (χ0v) is 23.0. The number of anilines is 1. The van der Waals surface area contributed by atoms with Crippen molar-refractivity contribution in [3.63, 3.8) is 0 Å². The van der Waals surface area contributed by atoms with Gasteiger partial charge in [-0.15, -0.1) is 0 Å². The number of amides is 3. The van der Waals surface area contributed by atoms with Gasteiger partial charge in [-0.25, -0.2) is 4.79 Å². The Hall–Kier alpha value is -4.26. The van der Waals surface area contributed by atoms with E-state index in [1.807, 2.05) is 74.5 Å². The lowest BCUT2D eigenvalue weighted by Crippen LogP contribution is -2.49. The molecule has 0 spiro atoms. The van der Waals surface area contributed by atoms with Crippen LogP contribution in [-0.4, -0.2) is 41.2 Å². The van der Waals surface area contributed by atoms with E-state index >= 15 is 0 Å². The summed E-state index contributed by atoms with van der Waals surface area (Å²) in [6, 6.07) is 20.5. The monoisotopic (exact) mass is 536 g/mol. The van der Waals surface area contributed by atoms with Gasteiger partial charge in [-0.2, -0.15) is 0 Å². The summed E-state index contributed by atoms with van der Waals surface area (Å²) in [5, 5.41) is 2.74. The summed E-state index contributed by atoms with van der Waals surface area (Å²) >= 11 is 0. The maximum Gasteiger partial charge on any atom is 0.330 e. The van der Waals surface area contributed by atoms with Crippen molar-refractivity contribution < 1.29 is 23.9 Å². The highest BCUT2D eigenvalue weighted by Gasteiger charge is 2.63. The molecule has 1 aliphatic heterocycles.